The molecule has 0 saturated heterocycles. The second-order valence-corrected chi connectivity index (χ2v) is 6.36. The van der Waals surface area contributed by atoms with E-state index in [1.165, 1.54) is 17.0 Å². The number of nitrogens with zero attached hydrogens (tertiary/aromatic N) is 2. The SMILES string of the molecule is Cc1nc(C(=O)N(C)C)ccc1C(=O)NC(C(=O)O)C1CCCC1. The Bertz CT molecular complexity index is 651. The Morgan fingerprint density at radius 3 is 2.38 bits per heavy atom. The lowest BCUT2D eigenvalue weighted by Gasteiger charge is -2.21. The summed E-state index contributed by atoms with van der Waals surface area (Å²) in [6.45, 7) is 1.63. The van der Waals surface area contributed by atoms with E-state index in [4.69, 9.17) is 0 Å². The molecule has 1 unspecified atom stereocenters. The van der Waals surface area contributed by atoms with Gasteiger partial charge in [0.25, 0.3) is 11.8 Å². The van der Waals surface area contributed by atoms with Gasteiger partial charge in [0.2, 0.25) is 0 Å². The van der Waals surface area contributed by atoms with Gasteiger partial charge in [0.15, 0.2) is 0 Å². The second kappa shape index (κ2) is 7.42. The first-order valence-electron chi connectivity index (χ1n) is 8.04. The van der Waals surface area contributed by atoms with Crippen molar-refractivity contribution in [2.75, 3.05) is 14.1 Å². The summed E-state index contributed by atoms with van der Waals surface area (Å²) in [7, 11) is 3.25. The first-order valence-corrected chi connectivity index (χ1v) is 8.04. The van der Waals surface area contributed by atoms with Crippen LogP contribution in [0.1, 0.15) is 52.2 Å². The maximum atomic E-state index is 12.4. The molecule has 130 valence electrons. The molecule has 0 radical (unpaired) electrons. The molecule has 1 fully saturated rings. The van der Waals surface area contributed by atoms with Crippen LogP contribution in [0.25, 0.3) is 0 Å². The van der Waals surface area contributed by atoms with Gasteiger partial charge >= 0.3 is 5.97 Å². The van der Waals surface area contributed by atoms with E-state index < -0.39 is 17.9 Å². The van der Waals surface area contributed by atoms with E-state index in [0.717, 1.165) is 25.7 Å². The van der Waals surface area contributed by atoms with Gasteiger partial charge in [-0.2, -0.15) is 0 Å². The maximum Gasteiger partial charge on any atom is 0.326 e. The number of hydrogen-bond donors (Lipinski definition) is 2. The number of carboxylic acids is 1. The number of aromatic nitrogens is 1. The molecule has 0 spiro atoms. The number of aliphatic carboxylic acids is 1. The van der Waals surface area contributed by atoms with Crippen molar-refractivity contribution in [2.24, 2.45) is 5.92 Å². The van der Waals surface area contributed by atoms with E-state index in [1.807, 2.05) is 0 Å². The van der Waals surface area contributed by atoms with Crippen molar-refractivity contribution in [3.8, 4) is 0 Å². The van der Waals surface area contributed by atoms with Crippen LogP contribution in [0.15, 0.2) is 12.1 Å². The minimum atomic E-state index is -1.01. The Balaban J connectivity index is 2.16. The second-order valence-electron chi connectivity index (χ2n) is 6.36. The van der Waals surface area contributed by atoms with Crippen LogP contribution in [-0.4, -0.2) is 52.9 Å². The first kappa shape index (κ1) is 17.9. The molecule has 0 aromatic carbocycles. The topological polar surface area (TPSA) is 99.6 Å². The van der Waals surface area contributed by atoms with Gasteiger partial charge in [0.1, 0.15) is 11.7 Å². The number of aryl methyl sites for hydroxylation is 1. The van der Waals surface area contributed by atoms with Gasteiger partial charge in [0.05, 0.1) is 11.3 Å². The highest BCUT2D eigenvalue weighted by molar-refractivity contribution is 5.98. The van der Waals surface area contributed by atoms with Gasteiger partial charge < -0.3 is 15.3 Å². The third kappa shape index (κ3) is 3.90. The Labute approximate surface area is 141 Å². The van der Waals surface area contributed by atoms with Crippen LogP contribution in [0.3, 0.4) is 0 Å². The fraction of sp³-hybridized carbons (Fsp3) is 0.529. The molecule has 2 N–H and O–H groups in total. The number of nitrogens with one attached hydrogen (secondary N) is 1. The molecule has 0 bridgehead atoms. The Kier molecular flexibility index (Phi) is 5.54. The van der Waals surface area contributed by atoms with Gasteiger partial charge in [0, 0.05) is 14.1 Å². The van der Waals surface area contributed by atoms with Gasteiger partial charge in [-0.3, -0.25) is 9.59 Å². The standard InChI is InChI=1S/C17H23N3O4/c1-10-12(8-9-13(18-10)16(22)20(2)3)15(21)19-14(17(23)24)11-6-4-5-7-11/h8-9,11,14H,4-7H2,1-3H3,(H,19,21)(H,23,24). The fourth-order valence-corrected chi connectivity index (χ4v) is 3.04. The molecule has 2 amide bonds. The van der Waals surface area contributed by atoms with Crippen molar-refractivity contribution in [3.63, 3.8) is 0 Å². The first-order chi connectivity index (χ1) is 11.3. The van der Waals surface area contributed by atoms with Crippen LogP contribution in [-0.2, 0) is 4.79 Å². The van der Waals surface area contributed by atoms with Crippen LogP contribution >= 0.6 is 0 Å². The zero-order valence-electron chi connectivity index (χ0n) is 14.2. The molecule has 1 heterocycles. The quantitative estimate of drug-likeness (QED) is 0.850. The molecule has 1 aromatic heterocycles. The monoisotopic (exact) mass is 333 g/mol. The van der Waals surface area contributed by atoms with Crippen molar-refractivity contribution in [3.05, 3.63) is 29.1 Å². The summed E-state index contributed by atoms with van der Waals surface area (Å²) in [6.07, 6.45) is 3.61. The third-order valence-corrected chi connectivity index (χ3v) is 4.38. The Hall–Kier alpha value is -2.44. The van der Waals surface area contributed by atoms with Crippen molar-refractivity contribution in [1.29, 1.82) is 0 Å². The van der Waals surface area contributed by atoms with Gasteiger partial charge in [-0.05, 0) is 37.8 Å². The van der Waals surface area contributed by atoms with Crippen LogP contribution in [0, 0.1) is 12.8 Å². The lowest BCUT2D eigenvalue weighted by molar-refractivity contribution is -0.140. The molecule has 7 nitrogen and oxygen atoms in total. The lowest BCUT2D eigenvalue weighted by atomic mass is 9.97. The average molecular weight is 333 g/mol. The largest absolute Gasteiger partial charge is 0.480 e. The lowest BCUT2D eigenvalue weighted by Crippen LogP contribution is -2.45. The van der Waals surface area contributed by atoms with E-state index in [2.05, 4.69) is 10.3 Å². The van der Waals surface area contributed by atoms with E-state index in [9.17, 15) is 19.5 Å². The highest BCUT2D eigenvalue weighted by Gasteiger charge is 2.32. The Morgan fingerprint density at radius 2 is 1.88 bits per heavy atom. The van der Waals surface area contributed by atoms with Crippen molar-refractivity contribution >= 4 is 17.8 Å². The molecule has 1 saturated carbocycles. The van der Waals surface area contributed by atoms with Crippen molar-refractivity contribution in [1.82, 2.24) is 15.2 Å². The summed E-state index contributed by atoms with van der Waals surface area (Å²) in [5, 5.41) is 12.0. The summed E-state index contributed by atoms with van der Waals surface area (Å²) in [4.78, 5) is 41.4. The highest BCUT2D eigenvalue weighted by Crippen LogP contribution is 2.28. The number of pyridine rings is 1. The minimum absolute atomic E-state index is 0.0330. The van der Waals surface area contributed by atoms with Gasteiger partial charge in [-0.1, -0.05) is 12.8 Å². The summed E-state index contributed by atoms with van der Waals surface area (Å²) in [5.74, 6) is -1.77. The number of amides is 2. The zero-order valence-corrected chi connectivity index (χ0v) is 14.2. The van der Waals surface area contributed by atoms with Gasteiger partial charge in [-0.15, -0.1) is 0 Å². The Morgan fingerprint density at radius 1 is 1.25 bits per heavy atom. The molecule has 0 aliphatic heterocycles. The van der Waals surface area contributed by atoms with E-state index in [1.54, 1.807) is 21.0 Å². The molecule has 24 heavy (non-hydrogen) atoms. The van der Waals surface area contributed by atoms with Gasteiger partial charge in [-0.25, -0.2) is 9.78 Å². The summed E-state index contributed by atoms with van der Waals surface area (Å²) < 4.78 is 0. The number of carboxylic acid groups (broad SMARTS) is 1. The van der Waals surface area contributed by atoms with Crippen LogP contribution in [0.4, 0.5) is 0 Å². The van der Waals surface area contributed by atoms with E-state index >= 15 is 0 Å². The zero-order chi connectivity index (χ0) is 17.9. The average Bonchev–Trinajstić information content (AvgIpc) is 3.05. The van der Waals surface area contributed by atoms with E-state index in [-0.39, 0.29) is 23.1 Å². The number of rotatable bonds is 5. The van der Waals surface area contributed by atoms with E-state index in [0.29, 0.717) is 5.69 Å². The predicted molar refractivity (Wildman–Crippen MR) is 87.8 cm³/mol. The molecular formula is C17H23N3O4. The summed E-state index contributed by atoms with van der Waals surface area (Å²) in [6, 6.07) is 2.11. The van der Waals surface area contributed by atoms with Crippen LogP contribution in [0.2, 0.25) is 0 Å². The molecule has 7 heteroatoms. The van der Waals surface area contributed by atoms with Crippen LogP contribution < -0.4 is 5.32 Å². The maximum absolute atomic E-state index is 12.4. The normalized spacial score (nSPS) is 15.8. The number of carbonyl (C=O) groups excluding carboxylic acids is 2. The third-order valence-electron chi connectivity index (χ3n) is 4.38. The minimum Gasteiger partial charge on any atom is -0.480 e. The molecular weight excluding hydrogens is 310 g/mol. The molecule has 1 aliphatic rings. The molecule has 2 rings (SSSR count). The predicted octanol–water partition coefficient (Wildman–Crippen LogP) is 1.47. The molecule has 1 atom stereocenters. The molecule has 1 aliphatic carbocycles. The highest BCUT2D eigenvalue weighted by atomic mass is 16.4. The fourth-order valence-electron chi connectivity index (χ4n) is 3.04. The smallest absolute Gasteiger partial charge is 0.326 e. The van der Waals surface area contributed by atoms with Crippen LogP contribution in [0.5, 0.6) is 0 Å². The summed E-state index contributed by atoms with van der Waals surface area (Å²) in [5.41, 5.74) is 0.935. The van der Waals surface area contributed by atoms with Crippen molar-refractivity contribution in [2.45, 2.75) is 38.6 Å². The molecule has 1 aromatic rings. The summed E-state index contributed by atoms with van der Waals surface area (Å²) >= 11 is 0. The number of carbonyl (C=O) groups is 3. The van der Waals surface area contributed by atoms with Crippen molar-refractivity contribution < 1.29 is 19.5 Å². The number of hydrogen-bond acceptors (Lipinski definition) is 4.